The van der Waals surface area contributed by atoms with E-state index in [0.717, 1.165) is 10.0 Å². The van der Waals surface area contributed by atoms with Gasteiger partial charge in [0.2, 0.25) is 0 Å². The van der Waals surface area contributed by atoms with Gasteiger partial charge in [-0.25, -0.2) is 4.79 Å². The minimum Gasteiger partial charge on any atom is -0.483 e. The molecule has 1 amide bonds. The molecule has 0 radical (unpaired) electrons. The quantitative estimate of drug-likeness (QED) is 0.409. The standard InChI is InChI=1S/C24H17BrN2O4/c25-18-11-12-21(30-15-22(28)26-19-9-5-2-6-10-19)17(13-18)14-20-23(27-31-24(20)29)16-7-3-1-4-8-16/h1-14H,15H2,(H,26,28)/b20-14-. The van der Waals surface area contributed by atoms with Gasteiger partial charge in [0.25, 0.3) is 5.91 Å². The van der Waals surface area contributed by atoms with Crippen molar-refractivity contribution in [3.63, 3.8) is 0 Å². The van der Waals surface area contributed by atoms with Gasteiger partial charge in [-0.3, -0.25) is 4.79 Å². The highest BCUT2D eigenvalue weighted by atomic mass is 79.9. The highest BCUT2D eigenvalue weighted by Crippen LogP contribution is 2.28. The lowest BCUT2D eigenvalue weighted by molar-refractivity contribution is -0.136. The molecule has 0 saturated heterocycles. The second-order valence-corrected chi connectivity index (χ2v) is 7.54. The average Bonchev–Trinajstić information content (AvgIpc) is 3.14. The van der Waals surface area contributed by atoms with Crippen LogP contribution < -0.4 is 10.1 Å². The zero-order valence-corrected chi connectivity index (χ0v) is 17.8. The summed E-state index contributed by atoms with van der Waals surface area (Å²) in [5.41, 5.74) is 2.81. The number of anilines is 1. The van der Waals surface area contributed by atoms with E-state index in [2.05, 4.69) is 26.4 Å². The van der Waals surface area contributed by atoms with Gasteiger partial charge in [0.15, 0.2) is 6.61 Å². The third-order valence-corrected chi connectivity index (χ3v) is 4.92. The number of hydrogen-bond acceptors (Lipinski definition) is 5. The maximum Gasteiger partial charge on any atom is 0.368 e. The van der Waals surface area contributed by atoms with Crippen molar-refractivity contribution in [1.82, 2.24) is 0 Å². The number of carbonyl (C=O) groups excluding carboxylic acids is 2. The van der Waals surface area contributed by atoms with Crippen LogP contribution in [0.3, 0.4) is 0 Å². The van der Waals surface area contributed by atoms with Crippen LogP contribution in [0.25, 0.3) is 6.08 Å². The van der Waals surface area contributed by atoms with Crippen LogP contribution in [0, 0.1) is 0 Å². The van der Waals surface area contributed by atoms with Crippen LogP contribution in [0.1, 0.15) is 11.1 Å². The topological polar surface area (TPSA) is 77.0 Å². The number of oxime groups is 1. The minimum atomic E-state index is -0.549. The summed E-state index contributed by atoms with van der Waals surface area (Å²) in [6, 6.07) is 23.7. The van der Waals surface area contributed by atoms with Crippen LogP contribution in [0.4, 0.5) is 5.69 Å². The summed E-state index contributed by atoms with van der Waals surface area (Å²) in [6.45, 7) is -0.184. The predicted octanol–water partition coefficient (Wildman–Crippen LogP) is 4.81. The zero-order chi connectivity index (χ0) is 21.6. The molecular formula is C24H17BrN2O4. The lowest BCUT2D eigenvalue weighted by Gasteiger charge is -2.11. The first-order chi connectivity index (χ1) is 15.1. The lowest BCUT2D eigenvalue weighted by Crippen LogP contribution is -2.20. The van der Waals surface area contributed by atoms with E-state index in [4.69, 9.17) is 9.57 Å². The minimum absolute atomic E-state index is 0.184. The summed E-state index contributed by atoms with van der Waals surface area (Å²) < 4.78 is 6.54. The second kappa shape index (κ2) is 9.40. The van der Waals surface area contributed by atoms with Gasteiger partial charge in [-0.1, -0.05) is 69.6 Å². The lowest BCUT2D eigenvalue weighted by atomic mass is 10.0. The summed E-state index contributed by atoms with van der Waals surface area (Å²) in [4.78, 5) is 29.5. The smallest absolute Gasteiger partial charge is 0.368 e. The van der Waals surface area contributed by atoms with Crippen molar-refractivity contribution in [3.8, 4) is 5.75 Å². The molecule has 1 aliphatic heterocycles. The normalized spacial score (nSPS) is 14.2. The van der Waals surface area contributed by atoms with Crippen molar-refractivity contribution in [2.45, 2.75) is 0 Å². The van der Waals surface area contributed by atoms with E-state index in [-0.39, 0.29) is 12.5 Å². The molecule has 0 aliphatic carbocycles. The molecule has 6 nitrogen and oxygen atoms in total. The Hall–Kier alpha value is -3.71. The van der Waals surface area contributed by atoms with E-state index in [1.807, 2.05) is 48.5 Å². The number of halogens is 1. The first kappa shape index (κ1) is 20.6. The number of amides is 1. The van der Waals surface area contributed by atoms with Crippen molar-refractivity contribution in [1.29, 1.82) is 0 Å². The number of para-hydroxylation sites is 1. The molecule has 0 saturated carbocycles. The summed E-state index contributed by atoms with van der Waals surface area (Å²) in [5.74, 6) is -0.392. The Kier molecular flexibility index (Phi) is 6.24. The fourth-order valence-electron chi connectivity index (χ4n) is 2.99. The zero-order valence-electron chi connectivity index (χ0n) is 16.2. The summed E-state index contributed by atoms with van der Waals surface area (Å²) in [7, 11) is 0. The van der Waals surface area contributed by atoms with Gasteiger partial charge in [0.05, 0.1) is 5.57 Å². The molecule has 3 aromatic carbocycles. The Morgan fingerprint density at radius 1 is 1.03 bits per heavy atom. The molecule has 154 valence electrons. The Labute approximate surface area is 187 Å². The SMILES string of the molecule is O=C(COc1ccc(Br)cc1/C=C1\C(=O)ON=C1c1ccccc1)Nc1ccccc1. The average molecular weight is 477 g/mol. The molecule has 1 N–H and O–H groups in total. The van der Waals surface area contributed by atoms with Crippen LogP contribution in [-0.4, -0.2) is 24.2 Å². The maximum atomic E-state index is 12.3. The van der Waals surface area contributed by atoms with Gasteiger partial charge in [0.1, 0.15) is 11.5 Å². The Morgan fingerprint density at radius 3 is 2.48 bits per heavy atom. The molecule has 31 heavy (non-hydrogen) atoms. The van der Waals surface area contributed by atoms with E-state index >= 15 is 0 Å². The van der Waals surface area contributed by atoms with Crippen LogP contribution in [0.2, 0.25) is 0 Å². The van der Waals surface area contributed by atoms with Crippen molar-refractivity contribution >= 4 is 45.3 Å². The Bertz CT molecular complexity index is 1170. The van der Waals surface area contributed by atoms with Crippen molar-refractivity contribution in [3.05, 3.63) is 100 Å². The predicted molar refractivity (Wildman–Crippen MR) is 122 cm³/mol. The number of benzene rings is 3. The number of nitrogens with zero attached hydrogens (tertiary/aromatic N) is 1. The summed E-state index contributed by atoms with van der Waals surface area (Å²) in [6.07, 6.45) is 1.65. The molecule has 0 unspecified atom stereocenters. The molecule has 0 fully saturated rings. The van der Waals surface area contributed by atoms with Gasteiger partial charge in [-0.15, -0.1) is 0 Å². The van der Waals surface area contributed by atoms with Gasteiger partial charge in [-0.2, -0.15) is 0 Å². The van der Waals surface area contributed by atoms with E-state index in [1.165, 1.54) is 0 Å². The van der Waals surface area contributed by atoms with Crippen LogP contribution in [0.15, 0.2) is 94.1 Å². The fourth-order valence-corrected chi connectivity index (χ4v) is 3.37. The molecule has 1 heterocycles. The highest BCUT2D eigenvalue weighted by molar-refractivity contribution is 9.10. The number of hydrogen-bond donors (Lipinski definition) is 1. The third kappa shape index (κ3) is 5.07. The fraction of sp³-hybridized carbons (Fsp3) is 0.0417. The number of carbonyl (C=O) groups is 2. The number of ether oxygens (including phenoxy) is 1. The van der Waals surface area contributed by atoms with Crippen LogP contribution >= 0.6 is 15.9 Å². The molecule has 0 bridgehead atoms. The van der Waals surface area contributed by atoms with Crippen molar-refractivity contribution < 1.29 is 19.2 Å². The van der Waals surface area contributed by atoms with Crippen molar-refractivity contribution in [2.24, 2.45) is 5.16 Å². The van der Waals surface area contributed by atoms with E-state index in [0.29, 0.717) is 28.3 Å². The summed E-state index contributed by atoms with van der Waals surface area (Å²) in [5, 5.41) is 6.69. The monoisotopic (exact) mass is 476 g/mol. The third-order valence-electron chi connectivity index (χ3n) is 4.43. The molecule has 7 heteroatoms. The van der Waals surface area contributed by atoms with Gasteiger partial charge >= 0.3 is 5.97 Å². The van der Waals surface area contributed by atoms with E-state index < -0.39 is 5.97 Å². The van der Waals surface area contributed by atoms with Crippen molar-refractivity contribution in [2.75, 3.05) is 11.9 Å². The molecule has 0 spiro atoms. The molecule has 3 aromatic rings. The van der Waals surface area contributed by atoms with Gasteiger partial charge in [-0.05, 0) is 36.4 Å². The maximum absolute atomic E-state index is 12.3. The summed E-state index contributed by atoms with van der Waals surface area (Å²) >= 11 is 3.43. The molecule has 0 aromatic heterocycles. The first-order valence-electron chi connectivity index (χ1n) is 9.44. The number of rotatable bonds is 6. The highest BCUT2D eigenvalue weighted by Gasteiger charge is 2.27. The van der Waals surface area contributed by atoms with Gasteiger partial charge < -0.3 is 14.9 Å². The van der Waals surface area contributed by atoms with Crippen LogP contribution in [0.5, 0.6) is 5.75 Å². The largest absolute Gasteiger partial charge is 0.483 e. The molecule has 0 atom stereocenters. The van der Waals surface area contributed by atoms with Crippen LogP contribution in [-0.2, 0) is 14.4 Å². The molecular weight excluding hydrogens is 460 g/mol. The Morgan fingerprint density at radius 2 is 1.74 bits per heavy atom. The Balaban J connectivity index is 1.56. The second-order valence-electron chi connectivity index (χ2n) is 6.63. The number of nitrogens with one attached hydrogen (secondary N) is 1. The van der Waals surface area contributed by atoms with E-state index in [1.54, 1.807) is 36.4 Å². The first-order valence-corrected chi connectivity index (χ1v) is 10.2. The molecule has 1 aliphatic rings. The van der Waals surface area contributed by atoms with Gasteiger partial charge in [0, 0.05) is 21.3 Å². The van der Waals surface area contributed by atoms with E-state index in [9.17, 15) is 9.59 Å². The molecule has 4 rings (SSSR count).